The number of aromatic nitrogens is 1. The summed E-state index contributed by atoms with van der Waals surface area (Å²) in [5.41, 5.74) is -0.404. The van der Waals surface area contributed by atoms with Crippen molar-refractivity contribution in [2.45, 2.75) is 71.9 Å². The largest absolute Gasteiger partial charge is 0.467 e. The van der Waals surface area contributed by atoms with Crippen LogP contribution in [-0.4, -0.2) is 42.1 Å². The van der Waals surface area contributed by atoms with Gasteiger partial charge in [0.25, 0.3) is 5.91 Å². The van der Waals surface area contributed by atoms with Crippen molar-refractivity contribution in [1.29, 1.82) is 0 Å². The Morgan fingerprint density at radius 1 is 1.18 bits per heavy atom. The number of methoxy groups -OCH3 is 1. The summed E-state index contributed by atoms with van der Waals surface area (Å²) in [6.45, 7) is 7.24. The van der Waals surface area contributed by atoms with Gasteiger partial charge in [-0.2, -0.15) is 0 Å². The Morgan fingerprint density at radius 3 is 2.32 bits per heavy atom. The minimum Gasteiger partial charge on any atom is -0.467 e. The van der Waals surface area contributed by atoms with Crippen molar-refractivity contribution in [3.05, 3.63) is 17.5 Å². The minimum atomic E-state index is -0.817. The summed E-state index contributed by atoms with van der Waals surface area (Å²) >= 11 is 0. The topological polar surface area (TPSA) is 111 Å². The summed E-state index contributed by atoms with van der Waals surface area (Å²) in [6, 6.07) is -0.0426. The molecule has 2 N–H and O–H groups in total. The number of rotatable bonds is 6. The van der Waals surface area contributed by atoms with Gasteiger partial charge >= 0.3 is 5.97 Å². The van der Waals surface area contributed by atoms with Crippen molar-refractivity contribution in [1.82, 2.24) is 15.8 Å². The van der Waals surface area contributed by atoms with Gasteiger partial charge in [-0.1, -0.05) is 45.2 Å². The molecule has 0 unspecified atom stereocenters. The maximum absolute atomic E-state index is 13.1. The molecule has 1 aliphatic carbocycles. The fourth-order valence-electron chi connectivity index (χ4n) is 3.53. The molecule has 0 radical (unpaired) electrons. The number of hydrogen-bond acceptors (Lipinski definition) is 6. The molecule has 2 amide bonds. The number of esters is 1. The fraction of sp³-hybridized carbons (Fsp3) is 0.700. The zero-order valence-electron chi connectivity index (χ0n) is 17.3. The van der Waals surface area contributed by atoms with Crippen molar-refractivity contribution in [3.8, 4) is 0 Å². The fourth-order valence-corrected chi connectivity index (χ4v) is 3.53. The van der Waals surface area contributed by atoms with E-state index in [1.165, 1.54) is 13.2 Å². The number of ether oxygens (including phenoxy) is 1. The number of aryl methyl sites for hydroxylation is 1. The molecule has 2 atom stereocenters. The van der Waals surface area contributed by atoms with Gasteiger partial charge in [0.1, 0.15) is 17.8 Å². The molecule has 156 valence electrons. The number of hydrogen-bond donors (Lipinski definition) is 2. The van der Waals surface area contributed by atoms with E-state index >= 15 is 0 Å². The number of carbonyl (C=O) groups is 3. The van der Waals surface area contributed by atoms with E-state index in [2.05, 4.69) is 15.8 Å². The van der Waals surface area contributed by atoms with E-state index in [0.717, 1.165) is 32.1 Å². The average Bonchev–Trinajstić information content (AvgIpc) is 3.09. The lowest BCUT2D eigenvalue weighted by atomic mass is 9.82. The molecular formula is C20H31N3O5. The Labute approximate surface area is 165 Å². The van der Waals surface area contributed by atoms with Crippen LogP contribution in [-0.2, 0) is 14.3 Å². The molecule has 1 aromatic rings. The van der Waals surface area contributed by atoms with Crippen LogP contribution in [0.1, 0.15) is 69.1 Å². The zero-order chi connectivity index (χ0) is 20.9. The molecule has 1 heterocycles. The number of amides is 2. The molecule has 1 fully saturated rings. The van der Waals surface area contributed by atoms with Gasteiger partial charge in [-0.15, -0.1) is 0 Å². The monoisotopic (exact) mass is 393 g/mol. The Bertz CT molecular complexity index is 701. The standard InChI is InChI=1S/C20H31N3O5/c1-12-11-14(23-28-12)17(24)21-15(13-9-7-6-8-10-13)18(25)22-16(19(26)27-5)20(2,3)4/h11,13,15-16H,6-10H2,1-5H3,(H,21,24)(H,22,25)/t15-,16+/m0/s1. The Morgan fingerprint density at radius 2 is 1.82 bits per heavy atom. The third kappa shape index (κ3) is 5.56. The van der Waals surface area contributed by atoms with E-state index in [1.54, 1.807) is 6.92 Å². The first-order valence-corrected chi connectivity index (χ1v) is 9.76. The highest BCUT2D eigenvalue weighted by atomic mass is 16.5. The third-order valence-electron chi connectivity index (χ3n) is 5.14. The molecule has 0 saturated heterocycles. The number of nitrogens with zero attached hydrogens (tertiary/aromatic N) is 1. The highest BCUT2D eigenvalue weighted by Crippen LogP contribution is 2.28. The molecule has 28 heavy (non-hydrogen) atoms. The molecule has 0 aromatic carbocycles. The lowest BCUT2D eigenvalue weighted by Gasteiger charge is -2.34. The summed E-state index contributed by atoms with van der Waals surface area (Å²) in [6.07, 6.45) is 4.82. The van der Waals surface area contributed by atoms with Crippen molar-refractivity contribution >= 4 is 17.8 Å². The van der Waals surface area contributed by atoms with Crippen molar-refractivity contribution in [2.75, 3.05) is 7.11 Å². The van der Waals surface area contributed by atoms with E-state index in [1.807, 2.05) is 20.8 Å². The zero-order valence-corrected chi connectivity index (χ0v) is 17.3. The molecule has 1 aliphatic rings. The first-order valence-electron chi connectivity index (χ1n) is 9.76. The van der Waals surface area contributed by atoms with Gasteiger partial charge in [-0.3, -0.25) is 9.59 Å². The third-order valence-corrected chi connectivity index (χ3v) is 5.14. The van der Waals surface area contributed by atoms with Crippen molar-refractivity contribution in [2.24, 2.45) is 11.3 Å². The van der Waals surface area contributed by atoms with Gasteiger partial charge in [-0.05, 0) is 31.1 Å². The van der Waals surface area contributed by atoms with Gasteiger partial charge in [0.2, 0.25) is 5.91 Å². The molecule has 1 aromatic heterocycles. The lowest BCUT2D eigenvalue weighted by molar-refractivity contribution is -0.148. The summed E-state index contributed by atoms with van der Waals surface area (Å²) in [7, 11) is 1.29. The van der Waals surface area contributed by atoms with Crippen LogP contribution < -0.4 is 10.6 Å². The average molecular weight is 393 g/mol. The number of nitrogens with one attached hydrogen (secondary N) is 2. The van der Waals surface area contributed by atoms with Crippen LogP contribution in [0.5, 0.6) is 0 Å². The van der Waals surface area contributed by atoms with Gasteiger partial charge in [0.05, 0.1) is 7.11 Å². The quantitative estimate of drug-likeness (QED) is 0.718. The maximum Gasteiger partial charge on any atom is 0.328 e. The number of carbonyl (C=O) groups excluding carboxylic acids is 3. The lowest BCUT2D eigenvalue weighted by Crippen LogP contribution is -2.58. The molecule has 0 spiro atoms. The second-order valence-electron chi connectivity index (χ2n) is 8.50. The van der Waals surface area contributed by atoms with E-state index in [4.69, 9.17) is 9.26 Å². The van der Waals surface area contributed by atoms with Crippen LogP contribution in [0.4, 0.5) is 0 Å². The molecule has 8 heteroatoms. The maximum atomic E-state index is 13.1. The molecule has 0 aliphatic heterocycles. The Hall–Kier alpha value is -2.38. The first kappa shape index (κ1) is 21.9. The Kier molecular flexibility index (Phi) is 7.21. The molecule has 0 bridgehead atoms. The van der Waals surface area contributed by atoms with Crippen LogP contribution >= 0.6 is 0 Å². The second kappa shape index (κ2) is 9.21. The van der Waals surface area contributed by atoms with E-state index < -0.39 is 29.4 Å². The van der Waals surface area contributed by atoms with E-state index in [0.29, 0.717) is 5.76 Å². The van der Waals surface area contributed by atoms with Crippen LogP contribution in [0.3, 0.4) is 0 Å². The summed E-state index contributed by atoms with van der Waals surface area (Å²) in [4.78, 5) is 37.9. The van der Waals surface area contributed by atoms with Gasteiger partial charge in [-0.25, -0.2) is 4.79 Å². The van der Waals surface area contributed by atoms with Gasteiger partial charge < -0.3 is 19.9 Å². The van der Waals surface area contributed by atoms with Gasteiger partial charge in [0, 0.05) is 6.07 Å². The second-order valence-corrected chi connectivity index (χ2v) is 8.50. The molecular weight excluding hydrogens is 362 g/mol. The smallest absolute Gasteiger partial charge is 0.328 e. The van der Waals surface area contributed by atoms with E-state index in [-0.39, 0.29) is 17.5 Å². The summed E-state index contributed by atoms with van der Waals surface area (Å²) in [5.74, 6) is -0.841. The summed E-state index contributed by atoms with van der Waals surface area (Å²) in [5, 5.41) is 9.32. The van der Waals surface area contributed by atoms with Crippen molar-refractivity contribution in [3.63, 3.8) is 0 Å². The summed E-state index contributed by atoms with van der Waals surface area (Å²) < 4.78 is 9.81. The predicted molar refractivity (Wildman–Crippen MR) is 102 cm³/mol. The highest BCUT2D eigenvalue weighted by Gasteiger charge is 2.38. The normalized spacial score (nSPS) is 17.5. The van der Waals surface area contributed by atoms with E-state index in [9.17, 15) is 14.4 Å². The molecule has 8 nitrogen and oxygen atoms in total. The molecule has 1 saturated carbocycles. The van der Waals surface area contributed by atoms with Crippen molar-refractivity contribution < 1.29 is 23.6 Å². The van der Waals surface area contributed by atoms with Gasteiger partial charge in [0.15, 0.2) is 5.69 Å². The first-order chi connectivity index (χ1) is 13.1. The SMILES string of the molecule is COC(=O)[C@@H](NC(=O)[C@@H](NC(=O)c1cc(C)on1)C1CCCCC1)C(C)(C)C. The van der Waals surface area contributed by atoms with Crippen LogP contribution in [0.15, 0.2) is 10.6 Å². The van der Waals surface area contributed by atoms with Crippen LogP contribution in [0.2, 0.25) is 0 Å². The highest BCUT2D eigenvalue weighted by molar-refractivity contribution is 5.97. The van der Waals surface area contributed by atoms with Crippen LogP contribution in [0.25, 0.3) is 0 Å². The minimum absolute atomic E-state index is 0.00367. The predicted octanol–water partition coefficient (Wildman–Crippen LogP) is 2.37. The molecule has 2 rings (SSSR count). The Balaban J connectivity index is 2.20. The van der Waals surface area contributed by atoms with Crippen LogP contribution in [0, 0.1) is 18.3 Å².